The van der Waals surface area contributed by atoms with Gasteiger partial charge in [0.05, 0.1) is 5.75 Å². The van der Waals surface area contributed by atoms with E-state index < -0.39 is 10.0 Å². The zero-order valence-corrected chi connectivity index (χ0v) is 12.5. The zero-order valence-electron chi connectivity index (χ0n) is 11.7. The Kier molecular flexibility index (Phi) is 8.00. The van der Waals surface area contributed by atoms with Crippen LogP contribution in [0.5, 0.6) is 0 Å². The molecular formula is C12H28N2O2S. The van der Waals surface area contributed by atoms with Crippen LogP contribution in [0.4, 0.5) is 0 Å². The van der Waals surface area contributed by atoms with Crippen LogP contribution < -0.4 is 10.0 Å². The van der Waals surface area contributed by atoms with Gasteiger partial charge in [-0.05, 0) is 37.8 Å². The molecule has 2 N–H and O–H groups in total. The summed E-state index contributed by atoms with van der Waals surface area (Å²) in [5.41, 5.74) is -0.00421. The number of rotatable bonds is 9. The molecule has 0 aromatic heterocycles. The summed E-state index contributed by atoms with van der Waals surface area (Å²) in [4.78, 5) is 0. The first-order valence-electron chi connectivity index (χ1n) is 6.45. The average Bonchev–Trinajstić information content (AvgIpc) is 2.20. The Bertz CT molecular complexity index is 281. The standard InChI is InChI=1S/C12H28N2O2S/c1-5-8-13-9-6-7-10-17(15,16)14-11-12(2,3)4/h13-14H,5-11H2,1-4H3. The first-order valence-corrected chi connectivity index (χ1v) is 8.10. The largest absolute Gasteiger partial charge is 0.317 e. The lowest BCUT2D eigenvalue weighted by Gasteiger charge is -2.18. The first kappa shape index (κ1) is 16.9. The van der Waals surface area contributed by atoms with Crippen molar-refractivity contribution in [2.45, 2.75) is 47.0 Å². The Morgan fingerprint density at radius 2 is 1.71 bits per heavy atom. The molecule has 0 aliphatic rings. The molecule has 0 bridgehead atoms. The maximum absolute atomic E-state index is 11.6. The van der Waals surface area contributed by atoms with Crippen LogP contribution in [0.25, 0.3) is 0 Å². The van der Waals surface area contributed by atoms with E-state index in [1.807, 2.05) is 20.8 Å². The first-order chi connectivity index (χ1) is 7.77. The summed E-state index contributed by atoms with van der Waals surface area (Å²) in [6, 6.07) is 0. The molecule has 0 radical (unpaired) electrons. The highest BCUT2D eigenvalue weighted by atomic mass is 32.2. The molecule has 17 heavy (non-hydrogen) atoms. The van der Waals surface area contributed by atoms with Crippen LogP contribution in [0, 0.1) is 5.41 Å². The van der Waals surface area contributed by atoms with E-state index in [1.165, 1.54) is 0 Å². The van der Waals surface area contributed by atoms with Gasteiger partial charge in [-0.1, -0.05) is 27.7 Å². The van der Waals surface area contributed by atoms with Crippen LogP contribution in [0.1, 0.15) is 47.0 Å². The molecule has 0 heterocycles. The second-order valence-corrected chi connectivity index (χ2v) is 7.58. The molecule has 0 aliphatic heterocycles. The van der Waals surface area contributed by atoms with Crippen molar-refractivity contribution in [3.8, 4) is 0 Å². The lowest BCUT2D eigenvalue weighted by molar-refractivity contribution is 0.407. The van der Waals surface area contributed by atoms with Crippen LogP contribution in [0.15, 0.2) is 0 Å². The lowest BCUT2D eigenvalue weighted by Crippen LogP contribution is -2.34. The van der Waals surface area contributed by atoms with E-state index in [1.54, 1.807) is 0 Å². The highest BCUT2D eigenvalue weighted by molar-refractivity contribution is 7.89. The van der Waals surface area contributed by atoms with Gasteiger partial charge in [0.2, 0.25) is 10.0 Å². The fraction of sp³-hybridized carbons (Fsp3) is 1.00. The number of nitrogens with one attached hydrogen (secondary N) is 2. The Morgan fingerprint density at radius 3 is 2.24 bits per heavy atom. The third-order valence-electron chi connectivity index (χ3n) is 2.27. The quantitative estimate of drug-likeness (QED) is 0.624. The van der Waals surface area contributed by atoms with Crippen molar-refractivity contribution in [2.75, 3.05) is 25.4 Å². The minimum atomic E-state index is -3.09. The van der Waals surface area contributed by atoms with Gasteiger partial charge in [-0.3, -0.25) is 0 Å². The summed E-state index contributed by atoms with van der Waals surface area (Å²) in [6.07, 6.45) is 2.75. The third-order valence-corrected chi connectivity index (χ3v) is 3.68. The molecule has 0 spiro atoms. The third kappa shape index (κ3) is 12.1. The fourth-order valence-electron chi connectivity index (χ4n) is 1.24. The molecule has 5 heteroatoms. The molecule has 0 amide bonds. The molecule has 0 saturated heterocycles. The molecule has 0 atom stereocenters. The van der Waals surface area contributed by atoms with Gasteiger partial charge in [0.25, 0.3) is 0 Å². The molecule has 4 nitrogen and oxygen atoms in total. The van der Waals surface area contributed by atoms with Crippen LogP contribution in [0.2, 0.25) is 0 Å². The van der Waals surface area contributed by atoms with Gasteiger partial charge >= 0.3 is 0 Å². The van der Waals surface area contributed by atoms with Gasteiger partial charge in [0.1, 0.15) is 0 Å². The summed E-state index contributed by atoms with van der Waals surface area (Å²) in [5, 5.41) is 3.26. The monoisotopic (exact) mass is 264 g/mol. The second kappa shape index (κ2) is 8.06. The second-order valence-electron chi connectivity index (χ2n) is 5.66. The van der Waals surface area contributed by atoms with Crippen molar-refractivity contribution in [1.82, 2.24) is 10.0 Å². The zero-order chi connectivity index (χ0) is 13.4. The van der Waals surface area contributed by atoms with Gasteiger partial charge in [0, 0.05) is 6.54 Å². The van der Waals surface area contributed by atoms with Crippen LogP contribution in [-0.2, 0) is 10.0 Å². The van der Waals surface area contributed by atoms with Gasteiger partial charge in [0.15, 0.2) is 0 Å². The fourth-order valence-corrected chi connectivity index (χ4v) is 2.62. The molecule has 0 aliphatic carbocycles. The topological polar surface area (TPSA) is 58.2 Å². The van der Waals surface area contributed by atoms with Crippen molar-refractivity contribution in [2.24, 2.45) is 5.41 Å². The van der Waals surface area contributed by atoms with Crippen molar-refractivity contribution in [3.05, 3.63) is 0 Å². The Morgan fingerprint density at radius 1 is 1.06 bits per heavy atom. The summed E-state index contributed by atoms with van der Waals surface area (Å²) in [6.45, 7) is 10.6. The Balaban J connectivity index is 3.65. The van der Waals surface area contributed by atoms with Gasteiger partial charge in [-0.15, -0.1) is 0 Å². The van der Waals surface area contributed by atoms with Gasteiger partial charge < -0.3 is 5.32 Å². The minimum Gasteiger partial charge on any atom is -0.317 e. The number of sulfonamides is 1. The number of hydrogen-bond donors (Lipinski definition) is 2. The smallest absolute Gasteiger partial charge is 0.211 e. The molecule has 0 aromatic rings. The summed E-state index contributed by atoms with van der Waals surface area (Å²) in [7, 11) is -3.09. The Hall–Kier alpha value is -0.130. The highest BCUT2D eigenvalue weighted by Gasteiger charge is 2.15. The van der Waals surface area contributed by atoms with E-state index in [0.717, 1.165) is 32.4 Å². The lowest BCUT2D eigenvalue weighted by atomic mass is 9.98. The predicted octanol–water partition coefficient (Wildman–Crippen LogP) is 1.73. The molecule has 0 rings (SSSR count). The van der Waals surface area contributed by atoms with E-state index in [9.17, 15) is 8.42 Å². The molecule has 104 valence electrons. The maximum atomic E-state index is 11.6. The van der Waals surface area contributed by atoms with Crippen LogP contribution in [-0.4, -0.2) is 33.8 Å². The van der Waals surface area contributed by atoms with Gasteiger partial charge in [-0.25, -0.2) is 13.1 Å². The minimum absolute atomic E-state index is 0.00421. The summed E-state index contributed by atoms with van der Waals surface area (Å²) in [5.74, 6) is 0.233. The average molecular weight is 264 g/mol. The van der Waals surface area contributed by atoms with E-state index in [4.69, 9.17) is 0 Å². The van der Waals surface area contributed by atoms with E-state index in [2.05, 4.69) is 17.0 Å². The van der Waals surface area contributed by atoms with Crippen molar-refractivity contribution in [3.63, 3.8) is 0 Å². The normalized spacial score (nSPS) is 12.9. The summed E-state index contributed by atoms with van der Waals surface area (Å²) >= 11 is 0. The molecule has 0 fully saturated rings. The SMILES string of the molecule is CCCNCCCCS(=O)(=O)NCC(C)(C)C. The van der Waals surface area contributed by atoms with E-state index in [-0.39, 0.29) is 11.2 Å². The van der Waals surface area contributed by atoms with Gasteiger partial charge in [-0.2, -0.15) is 0 Å². The molecule has 0 saturated carbocycles. The Labute approximate surface area is 107 Å². The number of hydrogen-bond acceptors (Lipinski definition) is 3. The molecular weight excluding hydrogens is 236 g/mol. The predicted molar refractivity (Wildman–Crippen MR) is 73.6 cm³/mol. The maximum Gasteiger partial charge on any atom is 0.211 e. The molecule has 0 unspecified atom stereocenters. The van der Waals surface area contributed by atoms with Crippen molar-refractivity contribution >= 4 is 10.0 Å². The molecule has 0 aromatic carbocycles. The number of unbranched alkanes of at least 4 members (excludes halogenated alkanes) is 1. The van der Waals surface area contributed by atoms with Crippen LogP contribution in [0.3, 0.4) is 0 Å². The summed E-state index contributed by atoms with van der Waals surface area (Å²) < 4.78 is 25.9. The van der Waals surface area contributed by atoms with E-state index >= 15 is 0 Å². The van der Waals surface area contributed by atoms with Crippen molar-refractivity contribution < 1.29 is 8.42 Å². The van der Waals surface area contributed by atoms with Crippen LogP contribution >= 0.6 is 0 Å². The van der Waals surface area contributed by atoms with Crippen molar-refractivity contribution in [1.29, 1.82) is 0 Å². The highest BCUT2D eigenvalue weighted by Crippen LogP contribution is 2.11. The van der Waals surface area contributed by atoms with E-state index in [0.29, 0.717) is 6.54 Å².